The van der Waals surface area contributed by atoms with Gasteiger partial charge in [-0.1, -0.05) is 13.3 Å². The Bertz CT molecular complexity index is 212. The molecule has 108 valence electrons. The molecule has 5 nitrogen and oxygen atoms in total. The average Bonchev–Trinajstić information content (AvgIpc) is 2.33. The molecule has 0 heterocycles. The van der Waals surface area contributed by atoms with E-state index in [0.29, 0.717) is 26.4 Å². The van der Waals surface area contributed by atoms with Gasteiger partial charge >= 0.3 is 0 Å². The van der Waals surface area contributed by atoms with Crippen LogP contribution in [0.2, 0.25) is 0 Å². The second-order valence-corrected chi connectivity index (χ2v) is 4.48. The van der Waals surface area contributed by atoms with Gasteiger partial charge in [0.05, 0.1) is 25.9 Å². The molecule has 0 saturated carbocycles. The van der Waals surface area contributed by atoms with Crippen molar-refractivity contribution in [2.45, 2.75) is 45.7 Å². The number of nitrogens with one attached hydrogen (secondary N) is 2. The van der Waals surface area contributed by atoms with Crippen molar-refractivity contribution in [2.24, 2.45) is 0 Å². The quantitative estimate of drug-likeness (QED) is 0.543. The van der Waals surface area contributed by atoms with E-state index < -0.39 is 0 Å². The summed E-state index contributed by atoms with van der Waals surface area (Å²) < 4.78 is 10.2. The molecule has 0 aliphatic rings. The number of methoxy groups -OCH3 is 1. The maximum absolute atomic E-state index is 11.8. The molecule has 18 heavy (non-hydrogen) atoms. The zero-order valence-corrected chi connectivity index (χ0v) is 12.1. The van der Waals surface area contributed by atoms with Crippen LogP contribution in [0.5, 0.6) is 0 Å². The predicted molar refractivity (Wildman–Crippen MR) is 72.7 cm³/mol. The number of hydrogen-bond acceptors (Lipinski definition) is 4. The van der Waals surface area contributed by atoms with Gasteiger partial charge in [0.15, 0.2) is 0 Å². The van der Waals surface area contributed by atoms with Crippen LogP contribution in [0.4, 0.5) is 0 Å². The van der Waals surface area contributed by atoms with E-state index in [1.807, 2.05) is 13.8 Å². The lowest BCUT2D eigenvalue weighted by molar-refractivity contribution is -0.123. The van der Waals surface area contributed by atoms with Crippen molar-refractivity contribution in [3.8, 4) is 0 Å². The van der Waals surface area contributed by atoms with Crippen molar-refractivity contribution < 1.29 is 14.3 Å². The van der Waals surface area contributed by atoms with Crippen LogP contribution in [0, 0.1) is 0 Å². The van der Waals surface area contributed by atoms with Crippen LogP contribution in [0.1, 0.15) is 33.6 Å². The van der Waals surface area contributed by atoms with Crippen LogP contribution >= 0.6 is 0 Å². The van der Waals surface area contributed by atoms with E-state index in [-0.39, 0.29) is 18.0 Å². The second-order valence-electron chi connectivity index (χ2n) is 4.48. The Kier molecular flexibility index (Phi) is 11.0. The van der Waals surface area contributed by atoms with E-state index >= 15 is 0 Å². The summed E-state index contributed by atoms with van der Waals surface area (Å²) >= 11 is 0. The molecule has 0 aromatic carbocycles. The van der Waals surface area contributed by atoms with Crippen molar-refractivity contribution in [1.29, 1.82) is 0 Å². The Morgan fingerprint density at radius 3 is 2.56 bits per heavy atom. The van der Waals surface area contributed by atoms with E-state index in [4.69, 9.17) is 9.47 Å². The molecule has 0 aliphatic carbocycles. The van der Waals surface area contributed by atoms with Crippen LogP contribution in [0.15, 0.2) is 0 Å². The van der Waals surface area contributed by atoms with Gasteiger partial charge in [-0.2, -0.15) is 0 Å². The normalized spacial score (nSPS) is 14.2. The van der Waals surface area contributed by atoms with Crippen LogP contribution in [0.3, 0.4) is 0 Å². The molecule has 0 fully saturated rings. The summed E-state index contributed by atoms with van der Waals surface area (Å²) in [7, 11) is 1.64. The van der Waals surface area contributed by atoms with Crippen LogP contribution in [-0.2, 0) is 14.3 Å². The van der Waals surface area contributed by atoms with Crippen molar-refractivity contribution in [3.63, 3.8) is 0 Å². The molecule has 0 saturated heterocycles. The highest BCUT2D eigenvalue weighted by Crippen LogP contribution is 1.95. The highest BCUT2D eigenvalue weighted by Gasteiger charge is 2.13. The van der Waals surface area contributed by atoms with E-state index in [1.54, 1.807) is 7.11 Å². The van der Waals surface area contributed by atoms with E-state index in [1.165, 1.54) is 0 Å². The van der Waals surface area contributed by atoms with Crippen LogP contribution < -0.4 is 10.6 Å². The summed E-state index contributed by atoms with van der Waals surface area (Å²) in [5.41, 5.74) is 0. The number of amides is 1. The molecule has 2 unspecified atom stereocenters. The molecule has 1 amide bonds. The fourth-order valence-electron chi connectivity index (χ4n) is 1.56. The number of carbonyl (C=O) groups is 1. The molecule has 5 heteroatoms. The lowest BCUT2D eigenvalue weighted by Gasteiger charge is -2.18. The number of rotatable bonds is 11. The maximum Gasteiger partial charge on any atom is 0.237 e. The second kappa shape index (κ2) is 11.4. The highest BCUT2D eigenvalue weighted by molar-refractivity contribution is 5.81. The summed E-state index contributed by atoms with van der Waals surface area (Å²) in [6, 6.07) is 0.0556. The summed E-state index contributed by atoms with van der Waals surface area (Å²) in [4.78, 5) is 11.8. The van der Waals surface area contributed by atoms with Crippen molar-refractivity contribution in [1.82, 2.24) is 10.6 Å². The Morgan fingerprint density at radius 2 is 1.94 bits per heavy atom. The van der Waals surface area contributed by atoms with Gasteiger partial charge in [0, 0.05) is 19.7 Å². The Hall–Kier alpha value is -0.650. The van der Waals surface area contributed by atoms with Crippen LogP contribution in [-0.4, -0.2) is 51.5 Å². The fourth-order valence-corrected chi connectivity index (χ4v) is 1.56. The molecule has 0 radical (unpaired) electrons. The monoisotopic (exact) mass is 260 g/mol. The summed E-state index contributed by atoms with van der Waals surface area (Å²) in [6.45, 7) is 8.45. The molecule has 2 atom stereocenters. The van der Waals surface area contributed by atoms with Gasteiger partial charge in [-0.3, -0.25) is 4.79 Å². The Labute approximate surface area is 111 Å². The molecule has 0 rings (SSSR count). The molecule has 0 aliphatic heterocycles. The van der Waals surface area contributed by atoms with Gasteiger partial charge in [0.2, 0.25) is 5.91 Å². The summed E-state index contributed by atoms with van der Waals surface area (Å²) in [6.07, 6.45) is 2.09. The molecule has 0 spiro atoms. The third-order valence-corrected chi connectivity index (χ3v) is 2.63. The topological polar surface area (TPSA) is 59.6 Å². The van der Waals surface area contributed by atoms with Crippen molar-refractivity contribution in [3.05, 3.63) is 0 Å². The zero-order valence-electron chi connectivity index (χ0n) is 12.1. The summed E-state index contributed by atoms with van der Waals surface area (Å²) in [5, 5.41) is 6.11. The lowest BCUT2D eigenvalue weighted by Crippen LogP contribution is -2.46. The minimum Gasteiger partial charge on any atom is -0.382 e. The first-order valence-electron chi connectivity index (χ1n) is 6.72. The first-order chi connectivity index (χ1) is 8.61. The molecule has 0 bridgehead atoms. The first kappa shape index (κ1) is 17.4. The molecule has 0 aromatic heterocycles. The first-order valence-corrected chi connectivity index (χ1v) is 6.72. The van der Waals surface area contributed by atoms with Gasteiger partial charge in [0.1, 0.15) is 0 Å². The van der Waals surface area contributed by atoms with Gasteiger partial charge in [-0.05, 0) is 20.3 Å². The largest absolute Gasteiger partial charge is 0.382 e. The number of ether oxygens (including phenoxy) is 2. The zero-order chi connectivity index (χ0) is 13.8. The third kappa shape index (κ3) is 9.39. The number of carbonyl (C=O) groups excluding carboxylic acids is 1. The maximum atomic E-state index is 11.8. The molecule has 0 aromatic rings. The minimum absolute atomic E-state index is 0.0489. The minimum atomic E-state index is -0.185. The SMILES string of the molecule is CCCC(C)NC(=O)C(C)NCCOCCOC. The summed E-state index contributed by atoms with van der Waals surface area (Å²) in [5.74, 6) is 0.0489. The molecule has 2 N–H and O–H groups in total. The van der Waals surface area contributed by atoms with Gasteiger partial charge in [0.25, 0.3) is 0 Å². The van der Waals surface area contributed by atoms with Crippen LogP contribution in [0.25, 0.3) is 0 Å². The predicted octanol–water partition coefficient (Wildman–Crippen LogP) is 0.932. The smallest absolute Gasteiger partial charge is 0.237 e. The Balaban J connectivity index is 3.55. The standard InChI is InChI=1S/C13H28N2O3/c1-5-6-11(2)15-13(16)12(3)14-7-8-18-10-9-17-4/h11-12,14H,5-10H2,1-4H3,(H,15,16). The van der Waals surface area contributed by atoms with Gasteiger partial charge in [-0.15, -0.1) is 0 Å². The fraction of sp³-hybridized carbons (Fsp3) is 0.923. The van der Waals surface area contributed by atoms with E-state index in [2.05, 4.69) is 17.6 Å². The molecular formula is C13H28N2O3. The Morgan fingerprint density at radius 1 is 1.22 bits per heavy atom. The third-order valence-electron chi connectivity index (χ3n) is 2.63. The van der Waals surface area contributed by atoms with E-state index in [9.17, 15) is 4.79 Å². The van der Waals surface area contributed by atoms with Crippen molar-refractivity contribution >= 4 is 5.91 Å². The highest BCUT2D eigenvalue weighted by atomic mass is 16.5. The number of hydrogen-bond donors (Lipinski definition) is 2. The van der Waals surface area contributed by atoms with Gasteiger partial charge < -0.3 is 20.1 Å². The van der Waals surface area contributed by atoms with E-state index in [0.717, 1.165) is 12.8 Å². The van der Waals surface area contributed by atoms with Crippen molar-refractivity contribution in [2.75, 3.05) is 33.5 Å². The lowest BCUT2D eigenvalue weighted by atomic mass is 10.2. The van der Waals surface area contributed by atoms with Gasteiger partial charge in [-0.25, -0.2) is 0 Å². The average molecular weight is 260 g/mol. The molecular weight excluding hydrogens is 232 g/mol.